The maximum absolute atomic E-state index is 5.77. The molecule has 126 valence electrons. The summed E-state index contributed by atoms with van der Waals surface area (Å²) in [5, 5.41) is 0. The Hall–Kier alpha value is -1.80. The predicted octanol–water partition coefficient (Wildman–Crippen LogP) is 5.14. The van der Waals surface area contributed by atoms with Crippen molar-refractivity contribution in [2.45, 2.75) is 44.4 Å². The van der Waals surface area contributed by atoms with Crippen molar-refractivity contribution in [3.05, 3.63) is 65.1 Å². The minimum atomic E-state index is 0.302. The SMILES string of the molecule is Cc1ccc(C(C)CCN2CCC3(C=Cc4ccccc43)CC2)o1. The van der Waals surface area contributed by atoms with Gasteiger partial charge in [-0.05, 0) is 69.1 Å². The molecule has 1 aromatic heterocycles. The summed E-state index contributed by atoms with van der Waals surface area (Å²) >= 11 is 0. The van der Waals surface area contributed by atoms with Crippen LogP contribution in [0, 0.1) is 6.92 Å². The first kappa shape index (κ1) is 15.7. The number of aryl methyl sites for hydroxylation is 1. The lowest BCUT2D eigenvalue weighted by Crippen LogP contribution is -2.41. The van der Waals surface area contributed by atoms with Crippen LogP contribution in [0.2, 0.25) is 0 Å². The van der Waals surface area contributed by atoms with Crippen LogP contribution in [0.25, 0.3) is 6.08 Å². The zero-order chi connectivity index (χ0) is 16.6. The smallest absolute Gasteiger partial charge is 0.107 e. The molecule has 1 fully saturated rings. The molecule has 0 N–H and O–H groups in total. The van der Waals surface area contributed by atoms with Crippen LogP contribution in [-0.4, -0.2) is 24.5 Å². The van der Waals surface area contributed by atoms with Gasteiger partial charge in [0.25, 0.3) is 0 Å². The van der Waals surface area contributed by atoms with E-state index >= 15 is 0 Å². The van der Waals surface area contributed by atoms with Crippen LogP contribution in [0.1, 0.15) is 54.8 Å². The van der Waals surface area contributed by atoms with Crippen molar-refractivity contribution in [3.8, 4) is 0 Å². The number of hydrogen-bond acceptors (Lipinski definition) is 2. The van der Waals surface area contributed by atoms with E-state index in [0.717, 1.165) is 11.5 Å². The molecule has 1 aromatic carbocycles. The van der Waals surface area contributed by atoms with E-state index in [0.29, 0.717) is 11.3 Å². The molecule has 0 saturated carbocycles. The van der Waals surface area contributed by atoms with Crippen molar-refractivity contribution in [2.75, 3.05) is 19.6 Å². The average molecular weight is 321 g/mol. The summed E-state index contributed by atoms with van der Waals surface area (Å²) < 4.78 is 5.77. The second-order valence-corrected chi connectivity index (χ2v) is 7.56. The second kappa shape index (κ2) is 6.25. The highest BCUT2D eigenvalue weighted by molar-refractivity contribution is 5.65. The monoisotopic (exact) mass is 321 g/mol. The first-order valence-electron chi connectivity index (χ1n) is 9.24. The molecule has 1 aliphatic heterocycles. The predicted molar refractivity (Wildman–Crippen MR) is 99.3 cm³/mol. The number of furan rings is 1. The van der Waals surface area contributed by atoms with E-state index in [1.807, 2.05) is 6.92 Å². The molecule has 1 atom stereocenters. The van der Waals surface area contributed by atoms with Crippen molar-refractivity contribution >= 4 is 6.08 Å². The number of hydrogen-bond donors (Lipinski definition) is 0. The van der Waals surface area contributed by atoms with Gasteiger partial charge in [-0.15, -0.1) is 0 Å². The standard InChI is InChI=1S/C22H27NO/c1-17(21-8-7-18(2)24-21)10-14-23-15-12-22(13-16-23)11-9-19-5-3-4-6-20(19)22/h3-9,11,17H,10,12-16H2,1-2H3. The van der Waals surface area contributed by atoms with Crippen LogP contribution in [0.5, 0.6) is 0 Å². The van der Waals surface area contributed by atoms with Gasteiger partial charge in [0.15, 0.2) is 0 Å². The molecule has 0 bridgehead atoms. The van der Waals surface area contributed by atoms with Gasteiger partial charge in [0.2, 0.25) is 0 Å². The maximum Gasteiger partial charge on any atom is 0.107 e. The fourth-order valence-electron chi connectivity index (χ4n) is 4.28. The van der Waals surface area contributed by atoms with E-state index in [1.165, 1.54) is 44.5 Å². The highest BCUT2D eigenvalue weighted by Gasteiger charge is 2.37. The van der Waals surface area contributed by atoms with Gasteiger partial charge in [-0.2, -0.15) is 0 Å². The summed E-state index contributed by atoms with van der Waals surface area (Å²) in [5.74, 6) is 2.65. The fraction of sp³-hybridized carbons (Fsp3) is 0.455. The second-order valence-electron chi connectivity index (χ2n) is 7.56. The van der Waals surface area contributed by atoms with Crippen LogP contribution in [-0.2, 0) is 5.41 Å². The summed E-state index contributed by atoms with van der Waals surface area (Å²) in [6.07, 6.45) is 8.45. The largest absolute Gasteiger partial charge is 0.466 e. The molecule has 2 nitrogen and oxygen atoms in total. The number of likely N-dealkylation sites (tertiary alicyclic amines) is 1. The lowest BCUT2D eigenvalue weighted by Gasteiger charge is -2.39. The molecule has 1 aliphatic carbocycles. The van der Waals surface area contributed by atoms with Crippen molar-refractivity contribution in [3.63, 3.8) is 0 Å². The van der Waals surface area contributed by atoms with E-state index < -0.39 is 0 Å². The van der Waals surface area contributed by atoms with Gasteiger partial charge in [0.1, 0.15) is 11.5 Å². The van der Waals surface area contributed by atoms with E-state index in [1.54, 1.807) is 5.56 Å². The van der Waals surface area contributed by atoms with Crippen LogP contribution in [0.4, 0.5) is 0 Å². The molecule has 0 radical (unpaired) electrons. The average Bonchev–Trinajstić information content (AvgIpc) is 3.20. The zero-order valence-electron chi connectivity index (χ0n) is 14.8. The number of piperidine rings is 1. The fourth-order valence-corrected chi connectivity index (χ4v) is 4.28. The Bertz CT molecular complexity index is 734. The van der Waals surface area contributed by atoms with Crippen molar-refractivity contribution in [1.82, 2.24) is 4.90 Å². The normalized spacial score (nSPS) is 20.4. The molecular formula is C22H27NO. The molecule has 2 aliphatic rings. The highest BCUT2D eigenvalue weighted by Crippen LogP contribution is 2.43. The van der Waals surface area contributed by atoms with Gasteiger partial charge in [-0.25, -0.2) is 0 Å². The Morgan fingerprint density at radius 3 is 2.67 bits per heavy atom. The number of fused-ring (bicyclic) bond motifs is 2. The number of nitrogens with zero attached hydrogens (tertiary/aromatic N) is 1. The van der Waals surface area contributed by atoms with E-state index in [9.17, 15) is 0 Å². The molecule has 4 rings (SSSR count). The van der Waals surface area contributed by atoms with E-state index in [4.69, 9.17) is 4.42 Å². The summed E-state index contributed by atoms with van der Waals surface area (Å²) in [5.41, 5.74) is 3.27. The quantitative estimate of drug-likeness (QED) is 0.775. The molecule has 24 heavy (non-hydrogen) atoms. The zero-order valence-corrected chi connectivity index (χ0v) is 14.8. The van der Waals surface area contributed by atoms with E-state index in [-0.39, 0.29) is 0 Å². The Kier molecular flexibility index (Phi) is 4.09. The van der Waals surface area contributed by atoms with Gasteiger partial charge in [0, 0.05) is 11.3 Å². The number of allylic oxidation sites excluding steroid dienone is 1. The maximum atomic E-state index is 5.77. The van der Waals surface area contributed by atoms with Crippen molar-refractivity contribution in [1.29, 1.82) is 0 Å². The minimum Gasteiger partial charge on any atom is -0.466 e. The van der Waals surface area contributed by atoms with Gasteiger partial charge in [0.05, 0.1) is 0 Å². The Labute approximate surface area is 145 Å². The van der Waals surface area contributed by atoms with E-state index in [2.05, 4.69) is 60.4 Å². The van der Waals surface area contributed by atoms with Crippen LogP contribution in [0.15, 0.2) is 46.9 Å². The molecule has 1 saturated heterocycles. The highest BCUT2D eigenvalue weighted by atomic mass is 16.3. The lowest BCUT2D eigenvalue weighted by atomic mass is 9.74. The molecule has 1 unspecified atom stereocenters. The van der Waals surface area contributed by atoms with Crippen LogP contribution < -0.4 is 0 Å². The summed E-state index contributed by atoms with van der Waals surface area (Å²) in [4.78, 5) is 2.63. The Balaban J connectivity index is 1.33. The minimum absolute atomic E-state index is 0.302. The number of rotatable bonds is 4. The topological polar surface area (TPSA) is 16.4 Å². The Morgan fingerprint density at radius 1 is 1.12 bits per heavy atom. The van der Waals surface area contributed by atoms with Gasteiger partial charge in [-0.1, -0.05) is 43.3 Å². The van der Waals surface area contributed by atoms with Crippen LogP contribution in [0.3, 0.4) is 0 Å². The van der Waals surface area contributed by atoms with Crippen LogP contribution >= 0.6 is 0 Å². The summed E-state index contributed by atoms with van der Waals surface area (Å²) in [6.45, 7) is 7.86. The molecule has 2 heteroatoms. The lowest BCUT2D eigenvalue weighted by molar-refractivity contribution is 0.178. The van der Waals surface area contributed by atoms with Gasteiger partial charge in [-0.3, -0.25) is 0 Å². The van der Waals surface area contributed by atoms with Gasteiger partial charge < -0.3 is 9.32 Å². The van der Waals surface area contributed by atoms with Crippen molar-refractivity contribution in [2.24, 2.45) is 0 Å². The summed E-state index contributed by atoms with van der Waals surface area (Å²) in [6, 6.07) is 13.1. The van der Waals surface area contributed by atoms with Crippen molar-refractivity contribution < 1.29 is 4.42 Å². The molecule has 0 amide bonds. The first-order chi connectivity index (χ1) is 11.7. The molecule has 2 aromatic rings. The molecule has 2 heterocycles. The molecule has 1 spiro atoms. The third-order valence-corrected chi connectivity index (χ3v) is 5.95. The third-order valence-electron chi connectivity index (χ3n) is 5.95. The number of benzene rings is 1. The molecular weight excluding hydrogens is 294 g/mol. The first-order valence-corrected chi connectivity index (χ1v) is 9.24. The third kappa shape index (κ3) is 2.84. The summed E-state index contributed by atoms with van der Waals surface area (Å²) in [7, 11) is 0. The Morgan fingerprint density at radius 2 is 1.92 bits per heavy atom. The van der Waals surface area contributed by atoms with Gasteiger partial charge >= 0.3 is 0 Å².